The summed E-state index contributed by atoms with van der Waals surface area (Å²) in [5, 5.41) is 2.83. The summed E-state index contributed by atoms with van der Waals surface area (Å²) in [6, 6.07) is 12.8. The molecule has 0 saturated carbocycles. The first kappa shape index (κ1) is 16.1. The lowest BCUT2D eigenvalue weighted by Crippen LogP contribution is -2.28. The van der Waals surface area contributed by atoms with Gasteiger partial charge in [0.2, 0.25) is 11.8 Å². The minimum Gasteiger partial charge on any atom is -0.326 e. The van der Waals surface area contributed by atoms with Gasteiger partial charge in [-0.15, -0.1) is 0 Å². The fourth-order valence-corrected chi connectivity index (χ4v) is 3.21. The molecule has 3 aromatic rings. The van der Waals surface area contributed by atoms with Gasteiger partial charge in [-0.3, -0.25) is 9.59 Å². The van der Waals surface area contributed by atoms with Crippen molar-refractivity contribution in [2.24, 2.45) is 5.92 Å². The molecule has 4 rings (SSSR count). The van der Waals surface area contributed by atoms with Gasteiger partial charge in [0.05, 0.1) is 17.0 Å². The number of anilines is 2. The number of aryl methyl sites for hydroxylation is 1. The molecule has 1 fully saturated rings. The highest BCUT2D eigenvalue weighted by atomic mass is 16.2. The molecule has 0 aliphatic carbocycles. The van der Waals surface area contributed by atoms with Crippen LogP contribution in [0.25, 0.3) is 11.0 Å². The van der Waals surface area contributed by atoms with E-state index in [2.05, 4.69) is 15.3 Å². The number of carbonyl (C=O) groups is 2. The molecule has 132 valence electrons. The van der Waals surface area contributed by atoms with Crippen LogP contribution in [0.15, 0.2) is 47.3 Å². The lowest BCUT2D eigenvalue weighted by Gasteiger charge is -2.17. The Morgan fingerprint density at radius 1 is 1.08 bits per heavy atom. The van der Waals surface area contributed by atoms with Gasteiger partial charge >= 0.3 is 5.69 Å². The Bertz CT molecular complexity index is 1050. The van der Waals surface area contributed by atoms with Gasteiger partial charge in [0, 0.05) is 24.3 Å². The van der Waals surface area contributed by atoms with Gasteiger partial charge in [-0.05, 0) is 37.3 Å². The maximum atomic E-state index is 12.6. The number of amides is 2. The Morgan fingerprint density at radius 2 is 1.81 bits per heavy atom. The number of nitrogens with one attached hydrogen (secondary N) is 3. The summed E-state index contributed by atoms with van der Waals surface area (Å²) in [6.45, 7) is 2.34. The fraction of sp³-hybridized carbons (Fsp3) is 0.211. The zero-order valence-electron chi connectivity index (χ0n) is 14.2. The number of nitrogens with zero attached hydrogens (tertiary/aromatic N) is 1. The number of imidazole rings is 1. The molecular weight excluding hydrogens is 332 g/mol. The number of benzene rings is 2. The van der Waals surface area contributed by atoms with E-state index in [-0.39, 0.29) is 23.9 Å². The predicted molar refractivity (Wildman–Crippen MR) is 99.2 cm³/mol. The second-order valence-corrected chi connectivity index (χ2v) is 6.57. The number of aromatic nitrogens is 2. The molecule has 2 aromatic carbocycles. The highest BCUT2D eigenvalue weighted by Gasteiger charge is 2.35. The SMILES string of the molecule is Cc1ccc(N2CC(C(=O)Nc3ccc4[nH]c(=O)[nH]c4c3)CC2=O)cc1. The highest BCUT2D eigenvalue weighted by molar-refractivity contribution is 6.03. The highest BCUT2D eigenvalue weighted by Crippen LogP contribution is 2.26. The Balaban J connectivity index is 1.48. The van der Waals surface area contributed by atoms with Crippen LogP contribution < -0.4 is 15.9 Å². The molecule has 2 amide bonds. The van der Waals surface area contributed by atoms with E-state index < -0.39 is 5.92 Å². The number of hydrogen-bond acceptors (Lipinski definition) is 3. The fourth-order valence-electron chi connectivity index (χ4n) is 3.21. The molecule has 0 bridgehead atoms. The molecule has 0 spiro atoms. The van der Waals surface area contributed by atoms with E-state index in [1.807, 2.05) is 31.2 Å². The zero-order chi connectivity index (χ0) is 18.3. The van der Waals surface area contributed by atoms with Gasteiger partial charge in [0.25, 0.3) is 0 Å². The van der Waals surface area contributed by atoms with E-state index in [0.717, 1.165) is 11.3 Å². The van der Waals surface area contributed by atoms with Gasteiger partial charge in [-0.2, -0.15) is 0 Å². The van der Waals surface area contributed by atoms with E-state index in [9.17, 15) is 14.4 Å². The molecule has 1 aliphatic heterocycles. The monoisotopic (exact) mass is 350 g/mol. The number of H-pyrrole nitrogens is 2. The quantitative estimate of drug-likeness (QED) is 0.675. The van der Waals surface area contributed by atoms with E-state index >= 15 is 0 Å². The molecule has 1 unspecified atom stereocenters. The zero-order valence-corrected chi connectivity index (χ0v) is 14.2. The maximum absolute atomic E-state index is 12.6. The molecule has 7 heteroatoms. The standard InChI is InChI=1S/C19H18N4O3/c1-11-2-5-14(6-3-11)23-10-12(8-17(23)24)18(25)20-13-4-7-15-16(9-13)22-19(26)21-15/h2-7,9,12H,8,10H2,1H3,(H,20,25)(H2,21,22,26). The summed E-state index contributed by atoms with van der Waals surface area (Å²) in [7, 11) is 0. The summed E-state index contributed by atoms with van der Waals surface area (Å²) in [6.07, 6.45) is 0.183. The van der Waals surface area contributed by atoms with Crippen LogP contribution >= 0.6 is 0 Å². The van der Waals surface area contributed by atoms with Crippen LogP contribution in [0, 0.1) is 12.8 Å². The van der Waals surface area contributed by atoms with Crippen LogP contribution in [0.4, 0.5) is 11.4 Å². The van der Waals surface area contributed by atoms with E-state index in [1.54, 1.807) is 23.1 Å². The Labute approximate surface area is 149 Å². The van der Waals surface area contributed by atoms with Crippen LogP contribution in [0.2, 0.25) is 0 Å². The van der Waals surface area contributed by atoms with Crippen molar-refractivity contribution in [2.75, 3.05) is 16.8 Å². The Morgan fingerprint density at radius 3 is 2.58 bits per heavy atom. The van der Waals surface area contributed by atoms with Crippen molar-refractivity contribution in [3.8, 4) is 0 Å². The largest absolute Gasteiger partial charge is 0.326 e. The summed E-state index contributed by atoms with van der Waals surface area (Å²) in [5.41, 5.74) is 3.51. The van der Waals surface area contributed by atoms with Crippen molar-refractivity contribution in [2.45, 2.75) is 13.3 Å². The smallest absolute Gasteiger partial charge is 0.323 e. The van der Waals surface area contributed by atoms with Crippen molar-refractivity contribution >= 4 is 34.2 Å². The number of fused-ring (bicyclic) bond motifs is 1. The average Bonchev–Trinajstić information content (AvgIpc) is 3.17. The molecular formula is C19H18N4O3. The normalized spacial score (nSPS) is 17.0. The second-order valence-electron chi connectivity index (χ2n) is 6.57. The molecule has 1 saturated heterocycles. The van der Waals surface area contributed by atoms with E-state index in [0.29, 0.717) is 23.3 Å². The van der Waals surface area contributed by atoms with Crippen molar-refractivity contribution in [3.05, 3.63) is 58.5 Å². The molecule has 1 atom stereocenters. The number of aromatic amines is 2. The first-order chi connectivity index (χ1) is 12.5. The average molecular weight is 350 g/mol. The summed E-state index contributed by atoms with van der Waals surface area (Å²) in [5.74, 6) is -0.672. The van der Waals surface area contributed by atoms with Crippen LogP contribution in [0.1, 0.15) is 12.0 Å². The molecule has 2 heterocycles. The third kappa shape index (κ3) is 2.99. The van der Waals surface area contributed by atoms with Gasteiger partial charge in [-0.1, -0.05) is 17.7 Å². The first-order valence-corrected chi connectivity index (χ1v) is 8.39. The summed E-state index contributed by atoms with van der Waals surface area (Å²) >= 11 is 0. The minimum atomic E-state index is -0.412. The van der Waals surface area contributed by atoms with Gasteiger partial charge in [0.15, 0.2) is 0 Å². The first-order valence-electron chi connectivity index (χ1n) is 8.39. The second kappa shape index (κ2) is 6.18. The van der Waals surface area contributed by atoms with Crippen molar-refractivity contribution < 1.29 is 9.59 Å². The van der Waals surface area contributed by atoms with Crippen LogP contribution in [-0.2, 0) is 9.59 Å². The van der Waals surface area contributed by atoms with Gasteiger partial charge in [-0.25, -0.2) is 4.79 Å². The number of hydrogen-bond donors (Lipinski definition) is 3. The number of rotatable bonds is 3. The molecule has 7 nitrogen and oxygen atoms in total. The number of carbonyl (C=O) groups excluding carboxylic acids is 2. The minimum absolute atomic E-state index is 0.0561. The molecule has 3 N–H and O–H groups in total. The lowest BCUT2D eigenvalue weighted by atomic mass is 10.1. The molecule has 0 radical (unpaired) electrons. The Kier molecular flexibility index (Phi) is 3.84. The maximum Gasteiger partial charge on any atom is 0.323 e. The molecule has 1 aromatic heterocycles. The van der Waals surface area contributed by atoms with Crippen LogP contribution in [-0.4, -0.2) is 28.3 Å². The van der Waals surface area contributed by atoms with E-state index in [1.165, 1.54) is 0 Å². The summed E-state index contributed by atoms with van der Waals surface area (Å²) in [4.78, 5) is 43.1. The molecule has 26 heavy (non-hydrogen) atoms. The topological polar surface area (TPSA) is 98.1 Å². The van der Waals surface area contributed by atoms with Gasteiger partial charge in [0.1, 0.15) is 0 Å². The van der Waals surface area contributed by atoms with Crippen molar-refractivity contribution in [1.29, 1.82) is 0 Å². The lowest BCUT2D eigenvalue weighted by molar-refractivity contribution is -0.122. The van der Waals surface area contributed by atoms with Crippen LogP contribution in [0.5, 0.6) is 0 Å². The van der Waals surface area contributed by atoms with Crippen LogP contribution in [0.3, 0.4) is 0 Å². The third-order valence-electron chi connectivity index (χ3n) is 4.62. The van der Waals surface area contributed by atoms with Gasteiger partial charge < -0.3 is 20.2 Å². The molecule has 1 aliphatic rings. The van der Waals surface area contributed by atoms with E-state index in [4.69, 9.17) is 0 Å². The van der Waals surface area contributed by atoms with Crippen molar-refractivity contribution in [1.82, 2.24) is 9.97 Å². The predicted octanol–water partition coefficient (Wildman–Crippen LogP) is 2.16. The Hall–Kier alpha value is -3.35. The van der Waals surface area contributed by atoms with Crippen molar-refractivity contribution in [3.63, 3.8) is 0 Å². The summed E-state index contributed by atoms with van der Waals surface area (Å²) < 4.78 is 0. The third-order valence-corrected chi connectivity index (χ3v) is 4.62.